The molecule has 0 aliphatic carbocycles. The molecule has 3 rings (SSSR count). The quantitative estimate of drug-likeness (QED) is 0.537. The van der Waals surface area contributed by atoms with Crippen molar-refractivity contribution in [1.82, 2.24) is 14.7 Å². The zero-order valence-corrected chi connectivity index (χ0v) is 16.4. The van der Waals surface area contributed by atoms with E-state index in [1.165, 1.54) is 5.56 Å². The smallest absolute Gasteiger partial charge is 0.107 e. The van der Waals surface area contributed by atoms with E-state index in [-0.39, 0.29) is 0 Å². The number of nitrogens with zero attached hydrogens (tertiary/aromatic N) is 3. The molecule has 1 heterocycles. The fourth-order valence-corrected chi connectivity index (χ4v) is 3.77. The van der Waals surface area contributed by atoms with Gasteiger partial charge in [0.25, 0.3) is 0 Å². The van der Waals surface area contributed by atoms with Crippen LogP contribution in [0, 0.1) is 0 Å². The fraction of sp³-hybridized carbons (Fsp3) is 0.286. The first kappa shape index (κ1) is 17.9. The molecule has 3 nitrogen and oxygen atoms in total. The van der Waals surface area contributed by atoms with Crippen LogP contribution >= 0.6 is 15.9 Å². The van der Waals surface area contributed by atoms with Crippen molar-refractivity contribution >= 4 is 15.9 Å². The number of aromatic nitrogens is 2. The molecule has 0 spiro atoms. The van der Waals surface area contributed by atoms with Crippen molar-refractivity contribution in [3.63, 3.8) is 0 Å². The maximum Gasteiger partial charge on any atom is 0.107 e. The van der Waals surface area contributed by atoms with Gasteiger partial charge in [-0.2, -0.15) is 5.10 Å². The van der Waals surface area contributed by atoms with E-state index in [0.29, 0.717) is 0 Å². The maximum absolute atomic E-state index is 4.94. The monoisotopic (exact) mass is 397 g/mol. The van der Waals surface area contributed by atoms with Crippen LogP contribution in [0.4, 0.5) is 0 Å². The Morgan fingerprint density at radius 3 is 2.00 bits per heavy atom. The lowest BCUT2D eigenvalue weighted by Crippen LogP contribution is -2.27. The van der Waals surface area contributed by atoms with Gasteiger partial charge in [-0.25, -0.2) is 0 Å². The Morgan fingerprint density at radius 1 is 0.880 bits per heavy atom. The van der Waals surface area contributed by atoms with Crippen LogP contribution in [0.15, 0.2) is 65.1 Å². The minimum atomic E-state index is 0.872. The number of likely N-dealkylation sites (N-methyl/N-ethyl adjacent to an activating group) is 1. The molecule has 0 aliphatic heterocycles. The summed E-state index contributed by atoms with van der Waals surface area (Å²) in [7, 11) is 0. The Hall–Kier alpha value is -1.91. The highest BCUT2D eigenvalue weighted by atomic mass is 79.9. The van der Waals surface area contributed by atoms with Gasteiger partial charge < -0.3 is 4.90 Å². The van der Waals surface area contributed by atoms with Crippen LogP contribution < -0.4 is 0 Å². The maximum atomic E-state index is 4.94. The summed E-state index contributed by atoms with van der Waals surface area (Å²) >= 11 is 3.82. The molecule has 0 bridgehead atoms. The molecule has 0 unspecified atom stereocenters. The van der Waals surface area contributed by atoms with Crippen molar-refractivity contribution in [3.8, 4) is 22.5 Å². The van der Waals surface area contributed by atoms with E-state index >= 15 is 0 Å². The van der Waals surface area contributed by atoms with Gasteiger partial charge in [-0.1, -0.05) is 74.5 Å². The van der Waals surface area contributed by atoms with Crippen LogP contribution in [-0.4, -0.2) is 34.3 Å². The largest absolute Gasteiger partial charge is 0.302 e. The molecule has 4 heteroatoms. The molecule has 2 aromatic carbocycles. The standard InChI is InChI=1S/C21H24BrN3/c1-3-24(4-2)15-16-25-21(18-13-9-6-10-14-18)19(22)20(23-25)17-11-7-5-8-12-17/h5-14H,3-4,15-16H2,1-2H3. The van der Waals surface area contributed by atoms with Crippen molar-refractivity contribution in [1.29, 1.82) is 0 Å². The SMILES string of the molecule is CCN(CC)CCn1nc(-c2ccccc2)c(Br)c1-c1ccccc1. The van der Waals surface area contributed by atoms with Gasteiger partial charge in [-0.3, -0.25) is 4.68 Å². The van der Waals surface area contributed by atoms with Gasteiger partial charge in [0.15, 0.2) is 0 Å². The van der Waals surface area contributed by atoms with Gasteiger partial charge in [-0.05, 0) is 29.0 Å². The Bertz CT molecular complexity index is 793. The minimum absolute atomic E-state index is 0.872. The Balaban J connectivity index is 2.03. The highest BCUT2D eigenvalue weighted by Gasteiger charge is 2.18. The molecule has 0 saturated heterocycles. The summed E-state index contributed by atoms with van der Waals surface area (Å²) in [5.74, 6) is 0. The van der Waals surface area contributed by atoms with E-state index in [2.05, 4.69) is 87.9 Å². The predicted octanol–water partition coefficient (Wildman–Crippen LogP) is 5.32. The summed E-state index contributed by atoms with van der Waals surface area (Å²) in [5.41, 5.74) is 4.46. The number of benzene rings is 2. The summed E-state index contributed by atoms with van der Waals surface area (Å²) in [5, 5.41) is 4.94. The molecule has 0 fully saturated rings. The van der Waals surface area contributed by atoms with Gasteiger partial charge in [0.1, 0.15) is 5.69 Å². The van der Waals surface area contributed by atoms with Crippen LogP contribution in [-0.2, 0) is 6.54 Å². The zero-order valence-electron chi connectivity index (χ0n) is 14.8. The van der Waals surface area contributed by atoms with Gasteiger partial charge in [0.05, 0.1) is 16.7 Å². The molecule has 0 amide bonds. The fourth-order valence-electron chi connectivity index (χ4n) is 3.03. The third-order valence-electron chi connectivity index (χ3n) is 4.51. The van der Waals surface area contributed by atoms with E-state index in [1.54, 1.807) is 0 Å². The van der Waals surface area contributed by atoms with E-state index < -0.39 is 0 Å². The van der Waals surface area contributed by atoms with Crippen molar-refractivity contribution in [2.45, 2.75) is 20.4 Å². The van der Waals surface area contributed by atoms with Crippen molar-refractivity contribution in [2.24, 2.45) is 0 Å². The van der Waals surface area contributed by atoms with Gasteiger partial charge in [0.2, 0.25) is 0 Å². The second kappa shape index (κ2) is 8.45. The molecule has 3 aromatic rings. The second-order valence-electron chi connectivity index (χ2n) is 5.99. The number of rotatable bonds is 7. The third-order valence-corrected chi connectivity index (χ3v) is 5.26. The van der Waals surface area contributed by atoms with E-state index in [4.69, 9.17) is 5.10 Å². The van der Waals surface area contributed by atoms with Crippen molar-refractivity contribution < 1.29 is 0 Å². The molecule has 0 saturated carbocycles. The lowest BCUT2D eigenvalue weighted by molar-refractivity contribution is 0.286. The van der Waals surface area contributed by atoms with Crippen molar-refractivity contribution in [2.75, 3.05) is 19.6 Å². The summed E-state index contributed by atoms with van der Waals surface area (Å²) in [6, 6.07) is 20.8. The van der Waals surface area contributed by atoms with E-state index in [0.717, 1.165) is 47.6 Å². The summed E-state index contributed by atoms with van der Waals surface area (Å²) in [6.07, 6.45) is 0. The zero-order chi connectivity index (χ0) is 17.6. The Morgan fingerprint density at radius 2 is 1.44 bits per heavy atom. The minimum Gasteiger partial charge on any atom is -0.302 e. The average molecular weight is 398 g/mol. The molecule has 0 aliphatic rings. The topological polar surface area (TPSA) is 21.1 Å². The van der Waals surface area contributed by atoms with Gasteiger partial charge in [0, 0.05) is 17.7 Å². The van der Waals surface area contributed by atoms with Gasteiger partial charge in [-0.15, -0.1) is 0 Å². The molecule has 25 heavy (non-hydrogen) atoms. The molecule has 0 N–H and O–H groups in total. The molecule has 130 valence electrons. The molecule has 0 atom stereocenters. The second-order valence-corrected chi connectivity index (χ2v) is 6.79. The van der Waals surface area contributed by atoms with Crippen LogP contribution in [0.25, 0.3) is 22.5 Å². The molecule has 1 aromatic heterocycles. The van der Waals surface area contributed by atoms with Crippen LogP contribution in [0.2, 0.25) is 0 Å². The Kier molecular flexibility index (Phi) is 6.05. The first-order chi connectivity index (χ1) is 12.2. The van der Waals surface area contributed by atoms with Crippen molar-refractivity contribution in [3.05, 3.63) is 65.1 Å². The first-order valence-electron chi connectivity index (χ1n) is 8.84. The predicted molar refractivity (Wildman–Crippen MR) is 109 cm³/mol. The summed E-state index contributed by atoms with van der Waals surface area (Å²) in [4.78, 5) is 2.42. The molecular weight excluding hydrogens is 374 g/mol. The lowest BCUT2D eigenvalue weighted by atomic mass is 10.1. The number of hydrogen-bond acceptors (Lipinski definition) is 2. The average Bonchev–Trinajstić information content (AvgIpc) is 3.00. The third kappa shape index (κ3) is 4.02. The Labute approximate surface area is 158 Å². The van der Waals surface area contributed by atoms with Gasteiger partial charge >= 0.3 is 0 Å². The lowest BCUT2D eigenvalue weighted by Gasteiger charge is -2.18. The first-order valence-corrected chi connectivity index (χ1v) is 9.63. The molecule has 0 radical (unpaired) electrons. The number of halogens is 1. The van der Waals surface area contributed by atoms with E-state index in [1.807, 2.05) is 12.1 Å². The number of hydrogen-bond donors (Lipinski definition) is 0. The summed E-state index contributed by atoms with van der Waals surface area (Å²) < 4.78 is 3.20. The van der Waals surface area contributed by atoms with Crippen LogP contribution in [0.5, 0.6) is 0 Å². The van der Waals surface area contributed by atoms with Crippen LogP contribution in [0.1, 0.15) is 13.8 Å². The summed E-state index contributed by atoms with van der Waals surface area (Å²) in [6.45, 7) is 8.40. The highest BCUT2D eigenvalue weighted by Crippen LogP contribution is 2.36. The normalized spacial score (nSPS) is 11.2. The highest BCUT2D eigenvalue weighted by molar-refractivity contribution is 9.10. The van der Waals surface area contributed by atoms with Crippen LogP contribution in [0.3, 0.4) is 0 Å². The van der Waals surface area contributed by atoms with E-state index in [9.17, 15) is 0 Å². The molecular formula is C21H24BrN3.